The number of nitrogens with zero attached hydrogens (tertiary/aromatic N) is 5. The van der Waals surface area contributed by atoms with Crippen molar-refractivity contribution in [2.45, 2.75) is 12.1 Å². The number of nitro groups is 1. The fourth-order valence-corrected chi connectivity index (χ4v) is 3.47. The van der Waals surface area contributed by atoms with Crippen molar-refractivity contribution in [1.82, 2.24) is 14.9 Å². The predicted molar refractivity (Wildman–Crippen MR) is 96.0 cm³/mol. The third-order valence-corrected chi connectivity index (χ3v) is 4.77. The van der Waals surface area contributed by atoms with E-state index in [9.17, 15) is 10.1 Å². The molecule has 1 aromatic heterocycles. The van der Waals surface area contributed by atoms with Gasteiger partial charge in [-0.2, -0.15) is 9.78 Å². The van der Waals surface area contributed by atoms with Crippen molar-refractivity contribution in [3.05, 3.63) is 69.8 Å². The lowest BCUT2D eigenvalue weighted by Gasteiger charge is -2.14. The second kappa shape index (κ2) is 6.14. The normalized spacial score (nSPS) is 13.2. The van der Waals surface area contributed by atoms with Gasteiger partial charge in [0.05, 0.1) is 10.6 Å². The summed E-state index contributed by atoms with van der Waals surface area (Å²) in [5.74, 6) is 1.25. The summed E-state index contributed by atoms with van der Waals surface area (Å²) < 4.78 is 1.71. The van der Waals surface area contributed by atoms with Gasteiger partial charge in [0.1, 0.15) is 0 Å². The van der Waals surface area contributed by atoms with Gasteiger partial charge in [-0.1, -0.05) is 47.7 Å². The van der Waals surface area contributed by atoms with Crippen LogP contribution in [0.1, 0.15) is 11.1 Å². The lowest BCUT2D eigenvalue weighted by Crippen LogP contribution is -2.14. The Morgan fingerprint density at radius 1 is 1.12 bits per heavy atom. The van der Waals surface area contributed by atoms with Gasteiger partial charge in [-0.15, -0.1) is 10.2 Å². The smallest absolute Gasteiger partial charge is 0.258 e. The highest BCUT2D eigenvalue weighted by molar-refractivity contribution is 7.99. The van der Waals surface area contributed by atoms with Crippen molar-refractivity contribution in [2.24, 2.45) is 5.10 Å². The quantitative estimate of drug-likeness (QED) is 0.532. The molecule has 4 rings (SSSR count). The summed E-state index contributed by atoms with van der Waals surface area (Å²) >= 11 is 1.51. The maximum absolute atomic E-state index is 11.0. The first kappa shape index (κ1) is 15.5. The van der Waals surface area contributed by atoms with Crippen LogP contribution in [0.4, 0.5) is 5.69 Å². The lowest BCUT2D eigenvalue weighted by molar-refractivity contribution is -0.384. The predicted octanol–water partition coefficient (Wildman–Crippen LogP) is 3.52. The third kappa shape index (κ3) is 2.91. The van der Waals surface area contributed by atoms with Crippen LogP contribution >= 0.6 is 11.8 Å². The van der Waals surface area contributed by atoms with E-state index in [4.69, 9.17) is 0 Å². The van der Waals surface area contributed by atoms with Crippen LogP contribution in [0.15, 0.2) is 58.8 Å². The molecule has 124 valence electrons. The number of fused-ring (bicyclic) bond motifs is 1. The Kier molecular flexibility index (Phi) is 3.81. The van der Waals surface area contributed by atoms with Crippen molar-refractivity contribution in [2.75, 3.05) is 5.75 Å². The van der Waals surface area contributed by atoms with Crippen LogP contribution in [0, 0.1) is 17.0 Å². The number of benzene rings is 2. The molecule has 2 heterocycles. The van der Waals surface area contributed by atoms with Gasteiger partial charge in [0, 0.05) is 29.0 Å². The van der Waals surface area contributed by atoms with E-state index >= 15 is 0 Å². The minimum atomic E-state index is -0.400. The van der Waals surface area contributed by atoms with Gasteiger partial charge in [-0.3, -0.25) is 10.1 Å². The van der Waals surface area contributed by atoms with E-state index in [0.717, 1.165) is 22.4 Å². The topological polar surface area (TPSA) is 86.2 Å². The average Bonchev–Trinajstić information content (AvgIpc) is 3.05. The van der Waals surface area contributed by atoms with E-state index in [0.29, 0.717) is 16.7 Å². The Bertz CT molecular complexity index is 1010. The molecular weight excluding hydrogens is 338 g/mol. The van der Waals surface area contributed by atoms with Crippen LogP contribution in [0.3, 0.4) is 0 Å². The third-order valence-electron chi connectivity index (χ3n) is 3.84. The summed E-state index contributed by atoms with van der Waals surface area (Å²) in [5.41, 5.74) is 3.61. The summed E-state index contributed by atoms with van der Waals surface area (Å²) in [6.45, 7) is 2.02. The lowest BCUT2D eigenvalue weighted by atomic mass is 10.1. The van der Waals surface area contributed by atoms with Crippen LogP contribution < -0.4 is 0 Å². The number of thioether (sulfide) groups is 1. The minimum Gasteiger partial charge on any atom is -0.258 e. The fraction of sp³-hybridized carbons (Fsp3) is 0.118. The van der Waals surface area contributed by atoms with Crippen LogP contribution in [-0.4, -0.2) is 31.3 Å². The number of nitro benzene ring substituents is 1. The highest BCUT2D eigenvalue weighted by Crippen LogP contribution is 2.29. The Morgan fingerprint density at radius 3 is 2.72 bits per heavy atom. The number of hydrogen-bond donors (Lipinski definition) is 0. The molecule has 0 spiro atoms. The molecule has 0 N–H and O–H groups in total. The Labute approximate surface area is 147 Å². The SMILES string of the molecule is Cc1cccc(-c2nnc3n2N=C(c2cccc([N+](=O)[O-])c2)CS3)c1. The second-order valence-electron chi connectivity index (χ2n) is 5.63. The molecule has 0 radical (unpaired) electrons. The van der Waals surface area contributed by atoms with Crippen molar-refractivity contribution < 1.29 is 4.92 Å². The van der Waals surface area contributed by atoms with Gasteiger partial charge >= 0.3 is 0 Å². The molecule has 7 nitrogen and oxygen atoms in total. The molecule has 0 unspecified atom stereocenters. The molecular formula is C17H13N5O2S. The van der Waals surface area contributed by atoms with E-state index < -0.39 is 4.92 Å². The number of rotatable bonds is 3. The summed E-state index contributed by atoms with van der Waals surface area (Å²) in [5, 5.41) is 24.8. The molecule has 2 aromatic carbocycles. The standard InChI is InChI=1S/C17H13N5O2S/c1-11-4-2-6-13(8-11)16-18-19-17-21(16)20-15(10-25-17)12-5-3-7-14(9-12)22(23)24/h2-9H,10H2,1H3. The molecule has 25 heavy (non-hydrogen) atoms. The molecule has 0 fully saturated rings. The first-order valence-electron chi connectivity index (χ1n) is 7.60. The zero-order valence-corrected chi connectivity index (χ0v) is 14.1. The van der Waals surface area contributed by atoms with Gasteiger partial charge in [-0.25, -0.2) is 0 Å². The summed E-state index contributed by atoms with van der Waals surface area (Å²) in [6.07, 6.45) is 0. The van der Waals surface area contributed by atoms with Gasteiger partial charge in [0.15, 0.2) is 5.82 Å². The largest absolute Gasteiger partial charge is 0.270 e. The molecule has 1 aliphatic rings. The van der Waals surface area contributed by atoms with Gasteiger partial charge < -0.3 is 0 Å². The number of hydrogen-bond acceptors (Lipinski definition) is 6. The van der Waals surface area contributed by atoms with E-state index in [-0.39, 0.29) is 5.69 Å². The average molecular weight is 351 g/mol. The van der Waals surface area contributed by atoms with E-state index in [1.807, 2.05) is 37.3 Å². The zero-order valence-electron chi connectivity index (χ0n) is 13.3. The Hall–Kier alpha value is -3.00. The molecule has 0 atom stereocenters. The summed E-state index contributed by atoms with van der Waals surface area (Å²) in [6, 6.07) is 14.5. The zero-order chi connectivity index (χ0) is 17.4. The fourth-order valence-electron chi connectivity index (χ4n) is 2.63. The van der Waals surface area contributed by atoms with Crippen molar-refractivity contribution in [3.63, 3.8) is 0 Å². The maximum Gasteiger partial charge on any atom is 0.270 e. The van der Waals surface area contributed by atoms with E-state index in [2.05, 4.69) is 15.3 Å². The monoisotopic (exact) mass is 351 g/mol. The summed E-state index contributed by atoms with van der Waals surface area (Å²) in [4.78, 5) is 10.6. The highest BCUT2D eigenvalue weighted by atomic mass is 32.2. The summed E-state index contributed by atoms with van der Waals surface area (Å²) in [7, 11) is 0. The van der Waals surface area contributed by atoms with E-state index in [1.165, 1.54) is 17.8 Å². The van der Waals surface area contributed by atoms with Gasteiger partial charge in [0.2, 0.25) is 5.16 Å². The Balaban J connectivity index is 1.79. The van der Waals surface area contributed by atoms with E-state index in [1.54, 1.807) is 16.8 Å². The van der Waals surface area contributed by atoms with Crippen LogP contribution in [0.2, 0.25) is 0 Å². The first-order chi connectivity index (χ1) is 12.1. The van der Waals surface area contributed by atoms with Crippen LogP contribution in [0.25, 0.3) is 11.4 Å². The van der Waals surface area contributed by atoms with Crippen LogP contribution in [-0.2, 0) is 0 Å². The van der Waals surface area contributed by atoms with Crippen molar-refractivity contribution in [3.8, 4) is 11.4 Å². The Morgan fingerprint density at radius 2 is 1.92 bits per heavy atom. The molecule has 1 aliphatic heterocycles. The van der Waals surface area contributed by atoms with Crippen molar-refractivity contribution >= 4 is 23.2 Å². The van der Waals surface area contributed by atoms with Gasteiger partial charge in [0.25, 0.3) is 5.69 Å². The number of aryl methyl sites for hydroxylation is 1. The minimum absolute atomic E-state index is 0.0543. The molecule has 3 aromatic rings. The number of non-ortho nitro benzene ring substituents is 1. The molecule has 0 bridgehead atoms. The highest BCUT2D eigenvalue weighted by Gasteiger charge is 2.21. The first-order valence-corrected chi connectivity index (χ1v) is 8.58. The second-order valence-corrected chi connectivity index (χ2v) is 6.57. The van der Waals surface area contributed by atoms with Crippen LogP contribution in [0.5, 0.6) is 0 Å². The molecule has 0 amide bonds. The molecule has 8 heteroatoms. The number of aromatic nitrogens is 3. The van der Waals surface area contributed by atoms with Gasteiger partial charge in [-0.05, 0) is 13.0 Å². The maximum atomic E-state index is 11.0. The molecule has 0 saturated carbocycles. The van der Waals surface area contributed by atoms with Crippen molar-refractivity contribution in [1.29, 1.82) is 0 Å². The molecule has 0 saturated heterocycles. The molecule has 0 aliphatic carbocycles.